The van der Waals surface area contributed by atoms with Crippen LogP contribution in [-0.2, 0) is 10.8 Å². The van der Waals surface area contributed by atoms with E-state index in [1.165, 1.54) is 0 Å². The minimum Gasteiger partial charge on any atom is -0.507 e. The molecule has 0 radical (unpaired) electrons. The summed E-state index contributed by atoms with van der Waals surface area (Å²) in [5.74, 6) is 0.654. The van der Waals surface area contributed by atoms with Crippen molar-refractivity contribution in [1.82, 2.24) is 0 Å². The molecule has 0 aliphatic rings. The van der Waals surface area contributed by atoms with Crippen molar-refractivity contribution in [2.45, 2.75) is 58.3 Å². The van der Waals surface area contributed by atoms with Crippen LogP contribution in [0.3, 0.4) is 0 Å². The van der Waals surface area contributed by atoms with Gasteiger partial charge in [-0.15, -0.1) is 0 Å². The zero-order chi connectivity index (χ0) is 21.1. The van der Waals surface area contributed by atoms with Gasteiger partial charge in [0.25, 0.3) is 0 Å². The summed E-state index contributed by atoms with van der Waals surface area (Å²) < 4.78 is 5.54. The zero-order valence-electron chi connectivity index (χ0n) is 17.8. The molecule has 0 amide bonds. The first-order chi connectivity index (χ1) is 13.0. The molecule has 2 rings (SSSR count). The van der Waals surface area contributed by atoms with Gasteiger partial charge in [0.2, 0.25) is 0 Å². The first kappa shape index (κ1) is 21.6. The molecular weight excluding hydrogens is 346 g/mol. The Kier molecular flexibility index (Phi) is 6.24. The van der Waals surface area contributed by atoms with Crippen molar-refractivity contribution < 1.29 is 9.84 Å². The predicted molar refractivity (Wildman–Crippen MR) is 115 cm³/mol. The van der Waals surface area contributed by atoms with Crippen LogP contribution < -0.4 is 4.74 Å². The van der Waals surface area contributed by atoms with Crippen LogP contribution in [0.15, 0.2) is 49.1 Å². The molecule has 2 aromatic rings. The monoisotopic (exact) mass is 377 g/mol. The van der Waals surface area contributed by atoms with Gasteiger partial charge in [0, 0.05) is 0 Å². The van der Waals surface area contributed by atoms with Crippen LogP contribution in [-0.4, -0.2) is 11.7 Å². The van der Waals surface area contributed by atoms with Crippen molar-refractivity contribution in [3.8, 4) is 17.6 Å². The SMILES string of the molecule is C=CCOc1ccc(C(C#N)c2cc(C(C)(C)C)c(O)c(C(C)(C)C)c2)cc1. The van der Waals surface area contributed by atoms with Crippen molar-refractivity contribution in [3.05, 3.63) is 71.3 Å². The largest absolute Gasteiger partial charge is 0.507 e. The van der Waals surface area contributed by atoms with Gasteiger partial charge in [-0.1, -0.05) is 66.3 Å². The van der Waals surface area contributed by atoms with Crippen LogP contribution in [0.2, 0.25) is 0 Å². The van der Waals surface area contributed by atoms with Crippen LogP contribution in [0.1, 0.15) is 69.7 Å². The van der Waals surface area contributed by atoms with Crippen molar-refractivity contribution in [3.63, 3.8) is 0 Å². The highest BCUT2D eigenvalue weighted by molar-refractivity contribution is 5.53. The normalized spacial score (nSPS) is 12.9. The third-order valence-electron chi connectivity index (χ3n) is 4.79. The Labute approximate surface area is 169 Å². The minimum atomic E-state index is -0.420. The van der Waals surface area contributed by atoms with Crippen LogP contribution >= 0.6 is 0 Å². The quantitative estimate of drug-likeness (QED) is 0.630. The highest BCUT2D eigenvalue weighted by Crippen LogP contribution is 2.42. The van der Waals surface area contributed by atoms with Gasteiger partial charge < -0.3 is 9.84 Å². The molecule has 1 N–H and O–H groups in total. The molecule has 0 aliphatic heterocycles. The number of ether oxygens (including phenoxy) is 1. The maximum Gasteiger partial charge on any atom is 0.123 e. The Bertz CT molecular complexity index is 840. The Hall–Kier alpha value is -2.73. The first-order valence-electron chi connectivity index (χ1n) is 9.60. The van der Waals surface area contributed by atoms with Gasteiger partial charge in [0.15, 0.2) is 0 Å². The minimum absolute atomic E-state index is 0.234. The fourth-order valence-electron chi connectivity index (χ4n) is 3.22. The van der Waals surface area contributed by atoms with E-state index in [2.05, 4.69) is 54.2 Å². The average Bonchev–Trinajstić information content (AvgIpc) is 2.60. The molecule has 0 fully saturated rings. The molecule has 3 nitrogen and oxygen atoms in total. The van der Waals surface area contributed by atoms with E-state index in [1.54, 1.807) is 6.08 Å². The fourth-order valence-corrected chi connectivity index (χ4v) is 3.22. The maximum atomic E-state index is 10.9. The summed E-state index contributed by atoms with van der Waals surface area (Å²) >= 11 is 0. The lowest BCUT2D eigenvalue weighted by Gasteiger charge is -2.29. The molecule has 0 aromatic heterocycles. The number of hydrogen-bond acceptors (Lipinski definition) is 3. The van der Waals surface area contributed by atoms with E-state index in [4.69, 9.17) is 4.74 Å². The summed E-state index contributed by atoms with van der Waals surface area (Å²) in [7, 11) is 0. The van der Waals surface area contributed by atoms with Gasteiger partial charge in [-0.3, -0.25) is 0 Å². The van der Waals surface area contributed by atoms with E-state index in [9.17, 15) is 10.4 Å². The first-order valence-corrected chi connectivity index (χ1v) is 9.60. The average molecular weight is 378 g/mol. The van der Waals surface area contributed by atoms with Gasteiger partial charge >= 0.3 is 0 Å². The smallest absolute Gasteiger partial charge is 0.123 e. The zero-order valence-corrected chi connectivity index (χ0v) is 17.8. The molecule has 148 valence electrons. The van der Waals surface area contributed by atoms with Crippen molar-refractivity contribution in [2.75, 3.05) is 6.61 Å². The van der Waals surface area contributed by atoms with Gasteiger partial charge in [0.1, 0.15) is 18.1 Å². The Morgan fingerprint density at radius 1 is 1.00 bits per heavy atom. The van der Waals surface area contributed by atoms with E-state index in [0.29, 0.717) is 12.4 Å². The second-order valence-electron chi connectivity index (χ2n) is 9.20. The summed E-state index contributed by atoms with van der Waals surface area (Å²) in [5.41, 5.74) is 3.06. The Balaban J connectivity index is 2.57. The van der Waals surface area contributed by atoms with Crippen LogP contribution in [0.25, 0.3) is 0 Å². The van der Waals surface area contributed by atoms with Crippen molar-refractivity contribution >= 4 is 0 Å². The molecule has 0 saturated carbocycles. The standard InChI is InChI=1S/C25H31NO2/c1-8-13-28-19-11-9-17(10-12-19)20(16-26)18-14-21(24(2,3)4)23(27)22(15-18)25(5,6)7/h8-12,14-15,20,27H,1,13H2,2-7H3. The van der Waals surface area contributed by atoms with E-state index in [1.807, 2.05) is 36.4 Å². The van der Waals surface area contributed by atoms with Crippen LogP contribution in [0, 0.1) is 11.3 Å². The molecule has 1 atom stereocenters. The van der Waals surface area contributed by atoms with E-state index in [-0.39, 0.29) is 10.8 Å². The Morgan fingerprint density at radius 3 is 1.89 bits per heavy atom. The summed E-state index contributed by atoms with van der Waals surface area (Å²) in [6, 6.07) is 14.0. The topological polar surface area (TPSA) is 53.2 Å². The number of nitriles is 1. The molecule has 0 aliphatic carbocycles. The third kappa shape index (κ3) is 4.75. The molecule has 2 aromatic carbocycles. The van der Waals surface area contributed by atoms with Crippen LogP contribution in [0.4, 0.5) is 0 Å². The molecule has 0 saturated heterocycles. The molecule has 0 spiro atoms. The second-order valence-corrected chi connectivity index (χ2v) is 9.20. The highest BCUT2D eigenvalue weighted by atomic mass is 16.5. The molecule has 3 heteroatoms. The number of phenols is 1. The molecule has 28 heavy (non-hydrogen) atoms. The number of phenolic OH excluding ortho intramolecular Hbond substituents is 1. The number of hydrogen-bond donors (Lipinski definition) is 1. The van der Waals surface area contributed by atoms with Crippen molar-refractivity contribution in [1.29, 1.82) is 5.26 Å². The van der Waals surface area contributed by atoms with E-state index >= 15 is 0 Å². The summed E-state index contributed by atoms with van der Waals surface area (Å²) in [6.07, 6.45) is 1.70. The Morgan fingerprint density at radius 2 is 1.50 bits per heavy atom. The van der Waals surface area contributed by atoms with Gasteiger partial charge in [-0.05, 0) is 57.3 Å². The highest BCUT2D eigenvalue weighted by Gasteiger charge is 2.28. The lowest BCUT2D eigenvalue weighted by atomic mass is 9.76. The maximum absolute atomic E-state index is 10.9. The number of rotatable bonds is 5. The molecule has 0 heterocycles. The lowest BCUT2D eigenvalue weighted by Crippen LogP contribution is -2.18. The van der Waals surface area contributed by atoms with Crippen molar-refractivity contribution in [2.24, 2.45) is 0 Å². The fraction of sp³-hybridized carbons (Fsp3) is 0.400. The predicted octanol–water partition coefficient (Wildman–Crippen LogP) is 6.21. The van der Waals surface area contributed by atoms with Crippen LogP contribution in [0.5, 0.6) is 11.5 Å². The lowest BCUT2D eigenvalue weighted by molar-refractivity contribution is 0.363. The van der Waals surface area contributed by atoms with Gasteiger partial charge in [-0.25, -0.2) is 0 Å². The molecular formula is C25H31NO2. The molecule has 1 unspecified atom stereocenters. The molecule has 0 bridgehead atoms. The number of aromatic hydroxyl groups is 1. The summed E-state index contributed by atoms with van der Waals surface area (Å²) in [4.78, 5) is 0. The number of nitrogens with zero attached hydrogens (tertiary/aromatic N) is 1. The summed E-state index contributed by atoms with van der Waals surface area (Å²) in [6.45, 7) is 16.5. The van der Waals surface area contributed by atoms with E-state index in [0.717, 1.165) is 28.0 Å². The number of benzene rings is 2. The van der Waals surface area contributed by atoms with E-state index < -0.39 is 5.92 Å². The second kappa shape index (κ2) is 8.10. The van der Waals surface area contributed by atoms with Gasteiger partial charge in [0.05, 0.1) is 12.0 Å². The summed E-state index contributed by atoms with van der Waals surface area (Å²) in [5, 5.41) is 20.9. The third-order valence-corrected chi connectivity index (χ3v) is 4.79. The van der Waals surface area contributed by atoms with Gasteiger partial charge in [-0.2, -0.15) is 5.26 Å².